The zero-order valence-corrected chi connectivity index (χ0v) is 8.87. The van der Waals surface area contributed by atoms with Crippen LogP contribution in [-0.2, 0) is 5.41 Å². The van der Waals surface area contributed by atoms with Crippen molar-refractivity contribution in [3.05, 3.63) is 21.3 Å². The van der Waals surface area contributed by atoms with E-state index in [2.05, 4.69) is 13.8 Å². The Morgan fingerprint density at radius 1 is 1.58 bits per heavy atom. The van der Waals surface area contributed by atoms with Crippen LogP contribution in [0.25, 0.3) is 0 Å². The molecular weight excluding hydrogens is 192 g/mol. The summed E-state index contributed by atoms with van der Waals surface area (Å²) in [7, 11) is 0. The molecule has 0 saturated carbocycles. The lowest BCUT2D eigenvalue weighted by Gasteiger charge is -2.22. The Balaban J connectivity index is 2.88. The average Bonchev–Trinajstić information content (AvgIpc) is 2.35. The third-order valence-corrected chi connectivity index (χ3v) is 3.68. The highest BCUT2D eigenvalue weighted by molar-refractivity contribution is 7.10. The van der Waals surface area contributed by atoms with Crippen molar-refractivity contribution in [2.24, 2.45) is 0 Å². The van der Waals surface area contributed by atoms with Gasteiger partial charge < -0.3 is 5.11 Å². The van der Waals surface area contributed by atoms with Gasteiger partial charge in [-0.2, -0.15) is 0 Å². The van der Waals surface area contributed by atoms with Crippen molar-refractivity contribution in [2.75, 3.05) is 6.61 Å². The van der Waals surface area contributed by atoms with Crippen LogP contribution < -0.4 is 0 Å². The minimum Gasteiger partial charge on any atom is -0.396 e. The molecule has 0 aliphatic carbocycles. The molecule has 0 radical (unpaired) electrons. The van der Waals surface area contributed by atoms with E-state index >= 15 is 0 Å². The summed E-state index contributed by atoms with van der Waals surface area (Å²) in [6.07, 6.45) is 0.757. The first kappa shape index (κ1) is 10.0. The van der Waals surface area contributed by atoms with E-state index in [9.17, 15) is 0 Å². The van der Waals surface area contributed by atoms with Gasteiger partial charge in [0.05, 0.1) is 5.02 Å². The molecule has 0 bridgehead atoms. The minimum atomic E-state index is 0.000000000000000222. The Kier molecular flexibility index (Phi) is 3.16. The maximum Gasteiger partial charge on any atom is 0.0550 e. The lowest BCUT2D eigenvalue weighted by Crippen LogP contribution is -2.17. The summed E-state index contributed by atoms with van der Waals surface area (Å²) >= 11 is 7.64. The third-order valence-electron chi connectivity index (χ3n) is 1.97. The molecule has 0 fully saturated rings. The smallest absolute Gasteiger partial charge is 0.0550 e. The second kappa shape index (κ2) is 3.77. The summed E-state index contributed by atoms with van der Waals surface area (Å²) in [4.78, 5) is 1.17. The van der Waals surface area contributed by atoms with E-state index in [1.54, 1.807) is 11.3 Å². The van der Waals surface area contributed by atoms with Gasteiger partial charge in [0.15, 0.2) is 0 Å². The fourth-order valence-corrected chi connectivity index (χ4v) is 2.64. The number of halogens is 1. The zero-order valence-electron chi connectivity index (χ0n) is 7.30. The third kappa shape index (κ3) is 2.00. The first-order chi connectivity index (χ1) is 5.58. The van der Waals surface area contributed by atoms with Gasteiger partial charge in [0.1, 0.15) is 0 Å². The normalized spacial score (nSPS) is 12.0. The van der Waals surface area contributed by atoms with Crippen LogP contribution in [0.5, 0.6) is 0 Å². The topological polar surface area (TPSA) is 20.2 Å². The van der Waals surface area contributed by atoms with E-state index in [-0.39, 0.29) is 12.0 Å². The van der Waals surface area contributed by atoms with E-state index in [0.29, 0.717) is 0 Å². The molecule has 1 N–H and O–H groups in total. The molecule has 3 heteroatoms. The van der Waals surface area contributed by atoms with Gasteiger partial charge in [0.2, 0.25) is 0 Å². The predicted molar refractivity (Wildman–Crippen MR) is 54.1 cm³/mol. The van der Waals surface area contributed by atoms with Crippen LogP contribution in [0.3, 0.4) is 0 Å². The number of hydrogen-bond donors (Lipinski definition) is 1. The summed E-state index contributed by atoms with van der Waals surface area (Å²) in [6.45, 7) is 4.41. The number of aliphatic hydroxyl groups excluding tert-OH is 1. The van der Waals surface area contributed by atoms with Gasteiger partial charge in [-0.3, -0.25) is 0 Å². The molecular formula is C9H13ClOS. The fourth-order valence-electron chi connectivity index (χ4n) is 1.17. The van der Waals surface area contributed by atoms with Gasteiger partial charge in [-0.25, -0.2) is 0 Å². The number of thiophene rings is 1. The summed E-state index contributed by atoms with van der Waals surface area (Å²) in [6, 6.07) is 1.90. The Morgan fingerprint density at radius 2 is 2.25 bits per heavy atom. The average molecular weight is 205 g/mol. The maximum atomic E-state index is 8.85. The van der Waals surface area contributed by atoms with Gasteiger partial charge in [-0.1, -0.05) is 25.4 Å². The van der Waals surface area contributed by atoms with E-state index in [0.717, 1.165) is 11.4 Å². The van der Waals surface area contributed by atoms with Crippen LogP contribution in [-0.4, -0.2) is 11.7 Å². The van der Waals surface area contributed by atoms with E-state index in [4.69, 9.17) is 16.7 Å². The summed E-state index contributed by atoms with van der Waals surface area (Å²) in [5.41, 5.74) is 0.000000000000000222. The van der Waals surface area contributed by atoms with Crippen molar-refractivity contribution in [3.63, 3.8) is 0 Å². The quantitative estimate of drug-likeness (QED) is 0.803. The molecule has 1 heterocycles. The highest BCUT2D eigenvalue weighted by atomic mass is 35.5. The van der Waals surface area contributed by atoms with Gasteiger partial charge in [-0.15, -0.1) is 11.3 Å². The standard InChI is InChI=1S/C9H13ClOS/c1-9(2,4-5-11)8-7(10)3-6-12-8/h3,6,11H,4-5H2,1-2H3. The molecule has 0 unspecified atom stereocenters. The largest absolute Gasteiger partial charge is 0.396 e. The van der Waals surface area contributed by atoms with Gasteiger partial charge in [0, 0.05) is 16.9 Å². The second-order valence-corrected chi connectivity index (χ2v) is 4.78. The number of rotatable bonds is 3. The van der Waals surface area contributed by atoms with Crippen LogP contribution in [0.2, 0.25) is 5.02 Å². The van der Waals surface area contributed by atoms with Gasteiger partial charge in [0.25, 0.3) is 0 Å². The summed E-state index contributed by atoms with van der Waals surface area (Å²) < 4.78 is 0. The van der Waals surface area contributed by atoms with Crippen LogP contribution in [0.4, 0.5) is 0 Å². The van der Waals surface area contributed by atoms with Crippen molar-refractivity contribution in [3.8, 4) is 0 Å². The molecule has 1 aromatic rings. The van der Waals surface area contributed by atoms with Crippen molar-refractivity contribution < 1.29 is 5.11 Å². The molecule has 0 aromatic carbocycles. The molecule has 1 nitrogen and oxygen atoms in total. The highest BCUT2D eigenvalue weighted by Gasteiger charge is 2.23. The fraction of sp³-hybridized carbons (Fsp3) is 0.556. The van der Waals surface area contributed by atoms with Crippen LogP contribution in [0.15, 0.2) is 11.4 Å². The summed E-state index contributed by atoms with van der Waals surface area (Å²) in [5.74, 6) is 0. The molecule has 0 spiro atoms. The van der Waals surface area contributed by atoms with Crippen molar-refractivity contribution in [1.82, 2.24) is 0 Å². The first-order valence-electron chi connectivity index (χ1n) is 3.92. The molecule has 68 valence electrons. The van der Waals surface area contributed by atoms with Crippen molar-refractivity contribution in [1.29, 1.82) is 0 Å². The minimum absolute atomic E-state index is 0.000000000000000222. The molecule has 12 heavy (non-hydrogen) atoms. The Morgan fingerprint density at radius 3 is 2.67 bits per heavy atom. The Hall–Kier alpha value is -0.0500. The van der Waals surface area contributed by atoms with Gasteiger partial charge >= 0.3 is 0 Å². The zero-order chi connectivity index (χ0) is 9.19. The first-order valence-corrected chi connectivity index (χ1v) is 5.18. The summed E-state index contributed by atoms with van der Waals surface area (Å²) in [5, 5.41) is 11.7. The van der Waals surface area contributed by atoms with Gasteiger partial charge in [-0.05, 0) is 17.9 Å². The van der Waals surface area contributed by atoms with Crippen LogP contribution in [0.1, 0.15) is 25.1 Å². The number of hydrogen-bond acceptors (Lipinski definition) is 2. The lowest BCUT2D eigenvalue weighted by molar-refractivity contribution is 0.254. The monoisotopic (exact) mass is 204 g/mol. The van der Waals surface area contributed by atoms with Crippen molar-refractivity contribution in [2.45, 2.75) is 25.7 Å². The molecule has 1 aromatic heterocycles. The molecule has 0 amide bonds. The lowest BCUT2D eigenvalue weighted by atomic mass is 9.88. The second-order valence-electron chi connectivity index (χ2n) is 3.46. The van der Waals surface area contributed by atoms with Crippen LogP contribution in [0, 0.1) is 0 Å². The molecule has 0 aliphatic heterocycles. The van der Waals surface area contributed by atoms with E-state index < -0.39 is 0 Å². The Labute approximate surface area is 82.0 Å². The maximum absolute atomic E-state index is 8.85. The van der Waals surface area contributed by atoms with Crippen molar-refractivity contribution >= 4 is 22.9 Å². The molecule has 0 aliphatic rings. The Bertz CT molecular complexity index is 255. The molecule has 1 rings (SSSR count). The SMILES string of the molecule is CC(C)(CCO)c1sccc1Cl. The molecule has 0 atom stereocenters. The van der Waals surface area contributed by atoms with E-state index in [1.165, 1.54) is 4.88 Å². The number of aliphatic hydroxyl groups is 1. The van der Waals surface area contributed by atoms with Crippen LogP contribution >= 0.6 is 22.9 Å². The molecule has 0 saturated heterocycles. The van der Waals surface area contributed by atoms with E-state index in [1.807, 2.05) is 11.4 Å². The predicted octanol–water partition coefficient (Wildman–Crippen LogP) is 3.06. The highest BCUT2D eigenvalue weighted by Crippen LogP contribution is 2.36.